The van der Waals surface area contributed by atoms with Crippen molar-refractivity contribution in [2.45, 2.75) is 13.0 Å². The average Bonchev–Trinajstić information content (AvgIpc) is 3.23. The zero-order valence-corrected chi connectivity index (χ0v) is 14.4. The Balaban J connectivity index is 2.15. The molecule has 2 rings (SSSR count). The lowest BCUT2D eigenvalue weighted by Crippen LogP contribution is -2.48. The largest absolute Gasteiger partial charge is 0.349 e. The molecule has 0 fully saturated rings. The fraction of sp³-hybridized carbons (Fsp3) is 0.400. The second-order valence-corrected chi connectivity index (χ2v) is 6.97. The SMILES string of the molecule is C[C@H](C=O)C(CN(C)c1nccs1)N(C)C(=O)c1cccs1. The highest BCUT2D eigenvalue weighted by molar-refractivity contribution is 7.13. The predicted molar refractivity (Wildman–Crippen MR) is 90.8 cm³/mol. The first-order valence-electron chi connectivity index (χ1n) is 6.91. The van der Waals surface area contributed by atoms with Gasteiger partial charge in [-0.2, -0.15) is 0 Å². The van der Waals surface area contributed by atoms with Crippen LogP contribution in [-0.2, 0) is 4.79 Å². The molecule has 0 spiro atoms. The number of carbonyl (C=O) groups excluding carboxylic acids is 2. The third-order valence-electron chi connectivity index (χ3n) is 3.58. The van der Waals surface area contributed by atoms with Gasteiger partial charge in [-0.1, -0.05) is 13.0 Å². The molecule has 0 saturated carbocycles. The van der Waals surface area contributed by atoms with E-state index in [0.29, 0.717) is 11.4 Å². The van der Waals surface area contributed by atoms with Crippen LogP contribution in [0.1, 0.15) is 16.6 Å². The molecule has 0 aliphatic heterocycles. The maximum absolute atomic E-state index is 12.5. The van der Waals surface area contributed by atoms with E-state index in [1.165, 1.54) is 22.7 Å². The van der Waals surface area contributed by atoms with Crippen LogP contribution in [0.3, 0.4) is 0 Å². The lowest BCUT2D eigenvalue weighted by Gasteiger charge is -2.33. The fourth-order valence-corrected chi connectivity index (χ4v) is 3.55. The second-order valence-electron chi connectivity index (χ2n) is 5.15. The molecule has 1 unspecified atom stereocenters. The molecule has 0 bridgehead atoms. The van der Waals surface area contributed by atoms with E-state index in [2.05, 4.69) is 4.98 Å². The third-order valence-corrected chi connectivity index (χ3v) is 5.32. The number of hydrogen-bond acceptors (Lipinski definition) is 6. The molecule has 2 aromatic rings. The Morgan fingerprint density at radius 3 is 2.68 bits per heavy atom. The summed E-state index contributed by atoms with van der Waals surface area (Å²) < 4.78 is 0. The van der Waals surface area contributed by atoms with E-state index in [4.69, 9.17) is 0 Å². The number of aromatic nitrogens is 1. The van der Waals surface area contributed by atoms with Crippen molar-refractivity contribution in [3.8, 4) is 0 Å². The minimum atomic E-state index is -0.253. The summed E-state index contributed by atoms with van der Waals surface area (Å²) in [5.41, 5.74) is 0. The Labute approximate surface area is 138 Å². The number of hydrogen-bond donors (Lipinski definition) is 0. The van der Waals surface area contributed by atoms with Gasteiger partial charge in [0.15, 0.2) is 5.13 Å². The summed E-state index contributed by atoms with van der Waals surface area (Å²) in [6, 6.07) is 3.45. The van der Waals surface area contributed by atoms with E-state index in [-0.39, 0.29) is 17.9 Å². The Kier molecular flexibility index (Phi) is 5.68. The lowest BCUT2D eigenvalue weighted by molar-refractivity contribution is -0.112. The van der Waals surface area contributed by atoms with Crippen LogP contribution in [0.4, 0.5) is 5.13 Å². The van der Waals surface area contributed by atoms with E-state index in [1.54, 1.807) is 24.2 Å². The molecule has 0 N–H and O–H groups in total. The highest BCUT2D eigenvalue weighted by Gasteiger charge is 2.28. The van der Waals surface area contributed by atoms with Gasteiger partial charge in [-0.15, -0.1) is 22.7 Å². The smallest absolute Gasteiger partial charge is 0.263 e. The number of carbonyl (C=O) groups is 2. The maximum atomic E-state index is 12.5. The van der Waals surface area contributed by atoms with Crippen LogP contribution in [0.5, 0.6) is 0 Å². The topological polar surface area (TPSA) is 53.5 Å². The van der Waals surface area contributed by atoms with Gasteiger partial charge in [0.25, 0.3) is 5.91 Å². The van der Waals surface area contributed by atoms with Gasteiger partial charge in [0.2, 0.25) is 0 Å². The van der Waals surface area contributed by atoms with Gasteiger partial charge < -0.3 is 14.6 Å². The van der Waals surface area contributed by atoms with Gasteiger partial charge in [0, 0.05) is 38.1 Å². The van der Waals surface area contributed by atoms with Gasteiger partial charge in [-0.25, -0.2) is 4.98 Å². The molecule has 1 amide bonds. The van der Waals surface area contributed by atoms with Crippen LogP contribution >= 0.6 is 22.7 Å². The van der Waals surface area contributed by atoms with E-state index < -0.39 is 0 Å². The molecule has 2 heterocycles. The molecule has 0 saturated heterocycles. The van der Waals surface area contributed by atoms with Gasteiger partial charge in [-0.3, -0.25) is 4.79 Å². The van der Waals surface area contributed by atoms with Gasteiger partial charge in [0.1, 0.15) is 6.29 Å². The van der Waals surface area contributed by atoms with Crippen LogP contribution in [-0.4, -0.2) is 48.8 Å². The molecule has 22 heavy (non-hydrogen) atoms. The van der Waals surface area contributed by atoms with Crippen molar-refractivity contribution in [2.75, 3.05) is 25.5 Å². The fourth-order valence-electron chi connectivity index (χ4n) is 2.22. The van der Waals surface area contributed by atoms with Crippen molar-refractivity contribution in [1.29, 1.82) is 0 Å². The van der Waals surface area contributed by atoms with Crippen molar-refractivity contribution < 1.29 is 9.59 Å². The first-order chi connectivity index (χ1) is 10.5. The number of aldehydes is 1. The van der Waals surface area contributed by atoms with E-state index in [9.17, 15) is 9.59 Å². The molecular weight excluding hydrogens is 318 g/mol. The first-order valence-corrected chi connectivity index (χ1v) is 8.67. The van der Waals surface area contributed by atoms with E-state index in [1.807, 2.05) is 35.7 Å². The molecule has 2 atom stereocenters. The number of thiazole rings is 1. The quantitative estimate of drug-likeness (QED) is 0.729. The van der Waals surface area contributed by atoms with Crippen molar-refractivity contribution in [2.24, 2.45) is 5.92 Å². The van der Waals surface area contributed by atoms with E-state index in [0.717, 1.165) is 11.4 Å². The number of amides is 1. The van der Waals surface area contributed by atoms with Crippen LogP contribution in [0.2, 0.25) is 0 Å². The van der Waals surface area contributed by atoms with Crippen LogP contribution < -0.4 is 4.90 Å². The molecule has 5 nitrogen and oxygen atoms in total. The Bertz CT molecular complexity index is 598. The van der Waals surface area contributed by atoms with Gasteiger partial charge >= 0.3 is 0 Å². The molecule has 0 aromatic carbocycles. The summed E-state index contributed by atoms with van der Waals surface area (Å²) >= 11 is 2.94. The van der Waals surface area contributed by atoms with Crippen LogP contribution in [0, 0.1) is 5.92 Å². The second kappa shape index (κ2) is 7.51. The minimum Gasteiger partial charge on any atom is -0.349 e. The highest BCUT2D eigenvalue weighted by Crippen LogP contribution is 2.20. The molecular formula is C15H19N3O2S2. The van der Waals surface area contributed by atoms with Crippen LogP contribution in [0.25, 0.3) is 0 Å². The Hall–Kier alpha value is -1.73. The molecule has 118 valence electrons. The van der Waals surface area contributed by atoms with Crippen molar-refractivity contribution in [3.05, 3.63) is 34.0 Å². The summed E-state index contributed by atoms with van der Waals surface area (Å²) in [6.45, 7) is 2.40. The number of thiophene rings is 1. The van der Waals surface area contributed by atoms with Gasteiger partial charge in [0.05, 0.1) is 10.9 Å². The normalized spacial score (nSPS) is 13.4. The number of rotatable bonds is 7. The third kappa shape index (κ3) is 3.72. The summed E-state index contributed by atoms with van der Waals surface area (Å²) in [5, 5.41) is 4.66. The predicted octanol–water partition coefficient (Wildman–Crippen LogP) is 2.62. The Morgan fingerprint density at radius 1 is 1.36 bits per heavy atom. The standard InChI is InChI=1S/C15H19N3O2S2/c1-11(10-19)12(9-17(2)15-16-6-8-22-15)18(3)14(20)13-5-4-7-21-13/h4-8,10-12H,9H2,1-3H3/t11-,12?/m1/s1. The molecule has 0 aliphatic rings. The molecule has 7 heteroatoms. The number of anilines is 1. The van der Waals surface area contributed by atoms with Crippen molar-refractivity contribution >= 4 is 40.0 Å². The summed E-state index contributed by atoms with van der Waals surface area (Å²) in [5.74, 6) is -0.308. The van der Waals surface area contributed by atoms with E-state index >= 15 is 0 Å². The molecule has 0 radical (unpaired) electrons. The monoisotopic (exact) mass is 337 g/mol. The lowest BCUT2D eigenvalue weighted by atomic mass is 10.0. The summed E-state index contributed by atoms with van der Waals surface area (Å²) in [7, 11) is 3.68. The van der Waals surface area contributed by atoms with Crippen molar-refractivity contribution in [1.82, 2.24) is 9.88 Å². The zero-order valence-electron chi connectivity index (χ0n) is 12.8. The Morgan fingerprint density at radius 2 is 2.14 bits per heavy atom. The summed E-state index contributed by atoms with van der Waals surface area (Å²) in [6.07, 6.45) is 2.65. The zero-order chi connectivity index (χ0) is 16.1. The maximum Gasteiger partial charge on any atom is 0.263 e. The van der Waals surface area contributed by atoms with Crippen LogP contribution in [0.15, 0.2) is 29.1 Å². The average molecular weight is 337 g/mol. The number of nitrogens with zero attached hydrogens (tertiary/aromatic N) is 3. The minimum absolute atomic E-state index is 0.0544. The van der Waals surface area contributed by atoms with Crippen molar-refractivity contribution in [3.63, 3.8) is 0 Å². The first kappa shape index (κ1) is 16.6. The highest BCUT2D eigenvalue weighted by atomic mass is 32.1. The van der Waals surface area contributed by atoms with Gasteiger partial charge in [-0.05, 0) is 11.4 Å². The summed E-state index contributed by atoms with van der Waals surface area (Å²) in [4.78, 5) is 32.4. The number of likely N-dealkylation sites (N-methyl/N-ethyl adjacent to an activating group) is 2. The molecule has 2 aromatic heterocycles. The molecule has 0 aliphatic carbocycles.